The lowest BCUT2D eigenvalue weighted by Gasteiger charge is -2.34. The van der Waals surface area contributed by atoms with Gasteiger partial charge < -0.3 is 10.2 Å². The molecule has 2 nitrogen and oxygen atoms in total. The van der Waals surface area contributed by atoms with Crippen LogP contribution in [0.5, 0.6) is 0 Å². The van der Waals surface area contributed by atoms with Crippen molar-refractivity contribution < 1.29 is 0 Å². The Morgan fingerprint density at radius 3 is 2.24 bits per heavy atom. The summed E-state index contributed by atoms with van der Waals surface area (Å²) in [5.41, 5.74) is 2.02. The Bertz CT molecular complexity index is 721. The zero-order chi connectivity index (χ0) is 17.8. The Kier molecular flexibility index (Phi) is 6.45. The molecule has 0 aromatic heterocycles. The van der Waals surface area contributed by atoms with Gasteiger partial charge >= 0.3 is 0 Å². The third-order valence-corrected chi connectivity index (χ3v) is 5.68. The average molecular weight is 414 g/mol. The topological polar surface area (TPSA) is 15.3 Å². The molecule has 1 saturated heterocycles. The van der Waals surface area contributed by atoms with Gasteiger partial charge in [-0.1, -0.05) is 65.1 Å². The molecule has 0 bridgehead atoms. The molecular weight excluding hydrogens is 395 g/mol. The van der Waals surface area contributed by atoms with Crippen LogP contribution in [0.4, 0.5) is 5.69 Å². The summed E-state index contributed by atoms with van der Waals surface area (Å²) in [4.78, 5) is 2.18. The van der Waals surface area contributed by atoms with E-state index >= 15 is 0 Å². The maximum atomic E-state index is 6.22. The molecule has 0 radical (unpaired) electrons. The first-order chi connectivity index (χ1) is 12.0. The van der Waals surface area contributed by atoms with E-state index in [1.54, 1.807) is 12.1 Å². The molecule has 6 heteroatoms. The largest absolute Gasteiger partial charge is 0.349 e. The number of benzene rings is 2. The van der Waals surface area contributed by atoms with Crippen molar-refractivity contribution in [2.45, 2.75) is 19.3 Å². The first kappa shape index (κ1) is 18.8. The molecule has 2 aromatic rings. The summed E-state index contributed by atoms with van der Waals surface area (Å²) in [6, 6.07) is 14.0. The highest BCUT2D eigenvalue weighted by molar-refractivity contribution is 7.80. The number of likely N-dealkylation sites (tertiary alicyclic amines) is 1. The highest BCUT2D eigenvalue weighted by atomic mass is 35.5. The van der Waals surface area contributed by atoms with Crippen LogP contribution in [-0.2, 0) is 6.42 Å². The van der Waals surface area contributed by atoms with Gasteiger partial charge in [0.25, 0.3) is 0 Å². The molecule has 0 spiro atoms. The van der Waals surface area contributed by atoms with Crippen LogP contribution in [0.2, 0.25) is 15.1 Å². The highest BCUT2D eigenvalue weighted by Gasteiger charge is 2.22. The standard InChI is InChI=1S/C19H19Cl3N2S/c20-15-11-16(21)18(17(22)12-15)23-19(25)24-8-6-14(7-9-24)10-13-4-2-1-3-5-13/h1-5,11-12,14H,6-10H2,(H,23,25). The molecule has 3 rings (SSSR count). The van der Waals surface area contributed by atoms with Crippen LogP contribution in [0, 0.1) is 5.92 Å². The molecule has 1 N–H and O–H groups in total. The molecule has 0 amide bonds. The zero-order valence-corrected chi connectivity index (χ0v) is 16.7. The van der Waals surface area contributed by atoms with Crippen LogP contribution in [0.1, 0.15) is 18.4 Å². The van der Waals surface area contributed by atoms with E-state index in [-0.39, 0.29) is 0 Å². The van der Waals surface area contributed by atoms with Crippen molar-refractivity contribution in [1.82, 2.24) is 4.90 Å². The van der Waals surface area contributed by atoms with Crippen LogP contribution in [0.3, 0.4) is 0 Å². The van der Waals surface area contributed by atoms with Gasteiger partial charge in [-0.3, -0.25) is 0 Å². The van der Waals surface area contributed by atoms with E-state index in [1.807, 2.05) is 0 Å². The Hall–Kier alpha value is -1.00. The summed E-state index contributed by atoms with van der Waals surface area (Å²) in [6.45, 7) is 1.87. The SMILES string of the molecule is S=C(Nc1c(Cl)cc(Cl)cc1Cl)N1CCC(Cc2ccccc2)CC1. The lowest BCUT2D eigenvalue weighted by Crippen LogP contribution is -2.41. The Morgan fingerprint density at radius 1 is 1.04 bits per heavy atom. The maximum Gasteiger partial charge on any atom is 0.173 e. The molecule has 0 unspecified atom stereocenters. The molecule has 1 aliphatic rings. The number of piperidine rings is 1. The summed E-state index contributed by atoms with van der Waals surface area (Å²) < 4.78 is 0. The quantitative estimate of drug-likeness (QED) is 0.594. The van der Waals surface area contributed by atoms with Crippen molar-refractivity contribution in [1.29, 1.82) is 0 Å². The minimum absolute atomic E-state index is 0.471. The second-order valence-corrected chi connectivity index (χ2v) is 7.93. The van der Waals surface area contributed by atoms with E-state index in [9.17, 15) is 0 Å². The normalized spacial score (nSPS) is 15.2. The number of thiocarbonyl (C=S) groups is 1. The van der Waals surface area contributed by atoms with Crippen LogP contribution in [-0.4, -0.2) is 23.1 Å². The van der Waals surface area contributed by atoms with E-state index < -0.39 is 0 Å². The average Bonchev–Trinajstić information content (AvgIpc) is 2.59. The summed E-state index contributed by atoms with van der Waals surface area (Å²) in [6.07, 6.45) is 3.38. The van der Waals surface area contributed by atoms with Crippen LogP contribution < -0.4 is 5.32 Å². The molecule has 1 heterocycles. The molecule has 0 atom stereocenters. The van der Waals surface area contributed by atoms with Gasteiger partial charge in [0.15, 0.2) is 5.11 Å². The molecule has 25 heavy (non-hydrogen) atoms. The number of anilines is 1. The fourth-order valence-electron chi connectivity index (χ4n) is 3.14. The Labute approximate surface area is 169 Å². The lowest BCUT2D eigenvalue weighted by atomic mass is 9.90. The molecule has 0 aliphatic carbocycles. The zero-order valence-electron chi connectivity index (χ0n) is 13.6. The van der Waals surface area contributed by atoms with Crippen molar-refractivity contribution in [3.63, 3.8) is 0 Å². The number of halogens is 3. The minimum Gasteiger partial charge on any atom is -0.349 e. The first-order valence-corrected chi connectivity index (χ1v) is 9.81. The van der Waals surface area contributed by atoms with Crippen molar-refractivity contribution in [3.05, 3.63) is 63.1 Å². The molecular formula is C19H19Cl3N2S. The summed E-state index contributed by atoms with van der Waals surface area (Å²) >= 11 is 23.9. The fourth-order valence-corrected chi connectivity index (χ4v) is 4.33. The smallest absolute Gasteiger partial charge is 0.173 e. The van der Waals surface area contributed by atoms with E-state index in [1.165, 1.54) is 5.56 Å². The minimum atomic E-state index is 0.471. The summed E-state index contributed by atoms with van der Waals surface area (Å²) in [7, 11) is 0. The van der Waals surface area contributed by atoms with Crippen LogP contribution in [0.15, 0.2) is 42.5 Å². The van der Waals surface area contributed by atoms with Crippen LogP contribution >= 0.6 is 47.0 Å². The van der Waals surface area contributed by atoms with E-state index in [4.69, 9.17) is 47.0 Å². The number of rotatable bonds is 3. The van der Waals surface area contributed by atoms with Gasteiger partial charge in [0, 0.05) is 18.1 Å². The number of nitrogens with one attached hydrogen (secondary N) is 1. The monoisotopic (exact) mass is 412 g/mol. The summed E-state index contributed by atoms with van der Waals surface area (Å²) in [5, 5.41) is 5.28. The second-order valence-electron chi connectivity index (χ2n) is 6.29. The number of nitrogens with zero attached hydrogens (tertiary/aromatic N) is 1. The van der Waals surface area contributed by atoms with Crippen molar-refractivity contribution >= 4 is 57.8 Å². The van der Waals surface area contributed by atoms with Gasteiger partial charge in [0.2, 0.25) is 0 Å². The second kappa shape index (κ2) is 8.59. The Balaban J connectivity index is 1.55. The van der Waals surface area contributed by atoms with Crippen molar-refractivity contribution in [2.24, 2.45) is 5.92 Å². The van der Waals surface area contributed by atoms with Crippen LogP contribution in [0.25, 0.3) is 0 Å². The molecule has 2 aromatic carbocycles. The van der Waals surface area contributed by atoms with Crippen molar-refractivity contribution in [2.75, 3.05) is 18.4 Å². The van der Waals surface area contributed by atoms with E-state index in [0.717, 1.165) is 32.4 Å². The summed E-state index contributed by atoms with van der Waals surface area (Å²) in [5.74, 6) is 0.698. The predicted molar refractivity (Wildman–Crippen MR) is 112 cm³/mol. The van der Waals surface area contributed by atoms with Gasteiger partial charge in [0.1, 0.15) is 0 Å². The van der Waals surface area contributed by atoms with E-state index in [2.05, 4.69) is 40.5 Å². The third kappa shape index (κ3) is 5.01. The van der Waals surface area contributed by atoms with Gasteiger partial charge in [-0.2, -0.15) is 0 Å². The maximum absolute atomic E-state index is 6.22. The van der Waals surface area contributed by atoms with Gasteiger partial charge in [-0.15, -0.1) is 0 Å². The third-order valence-electron chi connectivity index (χ3n) is 4.51. The predicted octanol–water partition coefficient (Wildman–Crippen LogP) is 6.30. The van der Waals surface area contributed by atoms with Gasteiger partial charge in [-0.05, 0) is 55.1 Å². The molecule has 1 fully saturated rings. The van der Waals surface area contributed by atoms with Gasteiger partial charge in [0.05, 0.1) is 15.7 Å². The van der Waals surface area contributed by atoms with Gasteiger partial charge in [-0.25, -0.2) is 0 Å². The number of hydrogen-bond donors (Lipinski definition) is 1. The Morgan fingerprint density at radius 2 is 1.64 bits per heavy atom. The highest BCUT2D eigenvalue weighted by Crippen LogP contribution is 2.34. The van der Waals surface area contributed by atoms with Crippen molar-refractivity contribution in [3.8, 4) is 0 Å². The number of hydrogen-bond acceptors (Lipinski definition) is 1. The van der Waals surface area contributed by atoms with E-state index in [0.29, 0.717) is 31.8 Å². The molecule has 1 aliphatic heterocycles. The first-order valence-electron chi connectivity index (χ1n) is 8.27. The fraction of sp³-hybridized carbons (Fsp3) is 0.316. The molecule has 132 valence electrons. The molecule has 0 saturated carbocycles. The lowest BCUT2D eigenvalue weighted by molar-refractivity contribution is 0.268.